The molecular weight excluding hydrogens is 338 g/mol. The molecule has 3 atom stereocenters. The maximum absolute atomic E-state index is 12.6. The van der Waals surface area contributed by atoms with E-state index in [-0.39, 0.29) is 30.4 Å². The summed E-state index contributed by atoms with van der Waals surface area (Å²) in [5, 5.41) is 16.5. The summed E-state index contributed by atoms with van der Waals surface area (Å²) in [7, 11) is 0. The maximum atomic E-state index is 12.6. The number of carbonyl (C=O) groups is 1. The summed E-state index contributed by atoms with van der Waals surface area (Å²) in [6, 6.07) is 2.36. The van der Waals surface area contributed by atoms with Gasteiger partial charge in [-0.25, -0.2) is 0 Å². The van der Waals surface area contributed by atoms with Gasteiger partial charge in [-0.3, -0.25) is 4.79 Å². The van der Waals surface area contributed by atoms with E-state index in [1.54, 1.807) is 11.3 Å². The zero-order valence-corrected chi connectivity index (χ0v) is 15.5. The van der Waals surface area contributed by atoms with E-state index < -0.39 is 6.29 Å². The van der Waals surface area contributed by atoms with Crippen molar-refractivity contribution >= 4 is 17.2 Å². The summed E-state index contributed by atoms with van der Waals surface area (Å²) in [4.78, 5) is 12.6. The van der Waals surface area contributed by atoms with Gasteiger partial charge in [0.05, 0.1) is 0 Å². The number of ether oxygens (including phenoxy) is 2. The lowest BCUT2D eigenvalue weighted by Gasteiger charge is -2.37. The Bertz CT molecular complexity index is 582. The normalized spacial score (nSPS) is 26.5. The Labute approximate surface area is 153 Å². The monoisotopic (exact) mass is 365 g/mol. The molecule has 1 aliphatic carbocycles. The first-order valence-electron chi connectivity index (χ1n) is 9.16. The Morgan fingerprint density at radius 1 is 1.48 bits per heavy atom. The van der Waals surface area contributed by atoms with Crippen molar-refractivity contribution in [1.82, 2.24) is 5.32 Å². The smallest absolute Gasteiger partial charge is 0.286 e. The number of allylic oxidation sites excluding steroid dienone is 1. The van der Waals surface area contributed by atoms with Crippen molar-refractivity contribution in [2.24, 2.45) is 5.92 Å². The molecule has 1 amide bonds. The molecule has 0 spiro atoms. The first-order valence-corrected chi connectivity index (χ1v) is 10.1. The third-order valence-corrected chi connectivity index (χ3v) is 5.71. The van der Waals surface area contributed by atoms with Crippen LogP contribution in [0.15, 0.2) is 28.7 Å². The molecule has 1 aromatic heterocycles. The van der Waals surface area contributed by atoms with Crippen LogP contribution in [-0.4, -0.2) is 36.6 Å². The topological polar surface area (TPSA) is 67.8 Å². The fraction of sp³-hybridized carbons (Fsp3) is 0.632. The number of hydrogen-bond acceptors (Lipinski definition) is 5. The highest BCUT2D eigenvalue weighted by atomic mass is 32.1. The van der Waals surface area contributed by atoms with Gasteiger partial charge in [0.15, 0.2) is 5.76 Å². The second kappa shape index (κ2) is 8.83. The van der Waals surface area contributed by atoms with Crippen molar-refractivity contribution in [3.05, 3.63) is 34.2 Å². The number of carbonyl (C=O) groups excluding carboxylic acids is 1. The lowest BCUT2D eigenvalue weighted by Crippen LogP contribution is -2.43. The zero-order valence-electron chi connectivity index (χ0n) is 14.6. The fourth-order valence-electron chi connectivity index (χ4n) is 3.42. The molecule has 1 fully saturated rings. The first kappa shape index (κ1) is 18.4. The molecule has 0 unspecified atom stereocenters. The summed E-state index contributed by atoms with van der Waals surface area (Å²) < 4.78 is 11.8. The number of hydrogen-bond donors (Lipinski definition) is 2. The molecule has 5 nitrogen and oxygen atoms in total. The second-order valence-electron chi connectivity index (χ2n) is 6.69. The predicted molar refractivity (Wildman–Crippen MR) is 97.2 cm³/mol. The predicted octanol–water partition coefficient (Wildman–Crippen LogP) is 3.17. The minimum atomic E-state index is -0.464. The van der Waals surface area contributed by atoms with E-state index in [9.17, 15) is 9.90 Å². The average Bonchev–Trinajstić information content (AvgIpc) is 3.11. The van der Waals surface area contributed by atoms with Gasteiger partial charge in [-0.2, -0.15) is 11.3 Å². The Morgan fingerprint density at radius 3 is 2.92 bits per heavy atom. The van der Waals surface area contributed by atoms with E-state index in [4.69, 9.17) is 9.47 Å². The molecule has 1 saturated carbocycles. The number of aliphatic hydroxyl groups excluding tert-OH is 1. The summed E-state index contributed by atoms with van der Waals surface area (Å²) in [5.74, 6) is 0.365. The highest BCUT2D eigenvalue weighted by molar-refractivity contribution is 7.08. The van der Waals surface area contributed by atoms with Crippen LogP contribution in [0.1, 0.15) is 50.5 Å². The number of rotatable bonds is 8. The van der Waals surface area contributed by atoms with Crippen LogP contribution < -0.4 is 5.32 Å². The summed E-state index contributed by atoms with van der Waals surface area (Å²) in [6.07, 6.45) is 6.21. The molecular formula is C19H27NO4S. The van der Waals surface area contributed by atoms with Gasteiger partial charge >= 0.3 is 0 Å². The molecule has 2 N–H and O–H groups in total. The molecule has 0 aromatic carbocycles. The van der Waals surface area contributed by atoms with Gasteiger partial charge in [-0.1, -0.05) is 0 Å². The van der Waals surface area contributed by atoms with E-state index in [0.717, 1.165) is 19.3 Å². The third-order valence-electron chi connectivity index (χ3n) is 5.00. The molecule has 0 bridgehead atoms. The van der Waals surface area contributed by atoms with Crippen molar-refractivity contribution in [1.29, 1.82) is 0 Å². The minimum absolute atomic E-state index is 0.0604. The highest BCUT2D eigenvalue weighted by Crippen LogP contribution is 2.40. The number of aliphatic hydroxyl groups is 1. The van der Waals surface area contributed by atoms with Gasteiger partial charge in [0.25, 0.3) is 5.91 Å². The SMILES string of the molecule is CCO[C@H]1OC(C(=O)NC2CCC2)=C[C@@H](c2ccsc2)[C@@H]1CCCO. The van der Waals surface area contributed by atoms with Crippen molar-refractivity contribution in [3.63, 3.8) is 0 Å². The van der Waals surface area contributed by atoms with Crippen LogP contribution >= 0.6 is 11.3 Å². The highest BCUT2D eigenvalue weighted by Gasteiger charge is 2.38. The van der Waals surface area contributed by atoms with Crippen molar-refractivity contribution in [3.8, 4) is 0 Å². The molecule has 0 saturated heterocycles. The molecule has 6 heteroatoms. The molecule has 3 rings (SSSR count). The van der Waals surface area contributed by atoms with Gasteiger partial charge in [-0.05, 0) is 67.5 Å². The molecule has 1 aromatic rings. The minimum Gasteiger partial charge on any atom is -0.459 e. The Balaban J connectivity index is 1.83. The van der Waals surface area contributed by atoms with E-state index in [1.807, 2.05) is 18.4 Å². The number of thiophene rings is 1. The number of amides is 1. The lowest BCUT2D eigenvalue weighted by atomic mass is 9.81. The van der Waals surface area contributed by atoms with Crippen LogP contribution in [0, 0.1) is 5.92 Å². The third kappa shape index (κ3) is 4.43. The second-order valence-corrected chi connectivity index (χ2v) is 7.47. The van der Waals surface area contributed by atoms with E-state index >= 15 is 0 Å². The summed E-state index contributed by atoms with van der Waals surface area (Å²) in [5.41, 5.74) is 1.18. The van der Waals surface area contributed by atoms with Crippen molar-refractivity contribution in [2.45, 2.75) is 57.3 Å². The molecule has 0 radical (unpaired) electrons. The summed E-state index contributed by atoms with van der Waals surface area (Å²) >= 11 is 1.65. The van der Waals surface area contributed by atoms with Crippen LogP contribution in [-0.2, 0) is 14.3 Å². The first-order chi connectivity index (χ1) is 12.2. The van der Waals surface area contributed by atoms with E-state index in [2.05, 4.69) is 16.8 Å². The van der Waals surface area contributed by atoms with Crippen LogP contribution in [0.4, 0.5) is 0 Å². The zero-order chi connectivity index (χ0) is 17.6. The molecule has 25 heavy (non-hydrogen) atoms. The Kier molecular flexibility index (Phi) is 6.51. The van der Waals surface area contributed by atoms with Crippen LogP contribution in [0.25, 0.3) is 0 Å². The number of nitrogens with one attached hydrogen (secondary N) is 1. The molecule has 2 heterocycles. The average molecular weight is 365 g/mol. The standard InChI is InChI=1S/C19H27NO4S/c1-2-23-19-15(7-4-9-21)16(13-8-10-25-12-13)11-17(24-19)18(22)20-14-5-3-6-14/h8,10-12,14-16,19,21H,2-7,9H2,1H3,(H,20,22)/t15-,16-,19-/m0/s1. The quantitative estimate of drug-likeness (QED) is 0.742. The maximum Gasteiger partial charge on any atom is 0.286 e. The van der Waals surface area contributed by atoms with Gasteiger partial charge in [0, 0.05) is 31.1 Å². The van der Waals surface area contributed by atoms with Crippen molar-refractivity contribution in [2.75, 3.05) is 13.2 Å². The largest absolute Gasteiger partial charge is 0.459 e. The van der Waals surface area contributed by atoms with Crippen LogP contribution in [0.2, 0.25) is 0 Å². The summed E-state index contributed by atoms with van der Waals surface area (Å²) in [6.45, 7) is 2.59. The van der Waals surface area contributed by atoms with Gasteiger partial charge in [-0.15, -0.1) is 0 Å². The van der Waals surface area contributed by atoms with Gasteiger partial charge in [0.1, 0.15) is 0 Å². The lowest BCUT2D eigenvalue weighted by molar-refractivity contribution is -0.167. The van der Waals surface area contributed by atoms with Crippen LogP contribution in [0.5, 0.6) is 0 Å². The van der Waals surface area contributed by atoms with E-state index in [1.165, 1.54) is 12.0 Å². The molecule has 1 aliphatic heterocycles. The molecule has 138 valence electrons. The van der Waals surface area contributed by atoms with Crippen LogP contribution in [0.3, 0.4) is 0 Å². The van der Waals surface area contributed by atoms with E-state index in [0.29, 0.717) is 18.8 Å². The fourth-order valence-corrected chi connectivity index (χ4v) is 4.13. The molecule has 2 aliphatic rings. The van der Waals surface area contributed by atoms with Gasteiger partial charge in [0.2, 0.25) is 6.29 Å². The Hall–Kier alpha value is -1.37. The van der Waals surface area contributed by atoms with Crippen molar-refractivity contribution < 1.29 is 19.4 Å². The Morgan fingerprint density at radius 2 is 2.32 bits per heavy atom. The van der Waals surface area contributed by atoms with Gasteiger partial charge < -0.3 is 19.9 Å².